The largest absolute Gasteiger partial charge is 0.356 e. The lowest BCUT2D eigenvalue weighted by Gasteiger charge is -2.15. The number of benzene rings is 1. The molecule has 2 fully saturated rings. The van der Waals surface area contributed by atoms with E-state index in [1.165, 1.54) is 60.7 Å². The van der Waals surface area contributed by atoms with Gasteiger partial charge in [0.1, 0.15) is 0 Å². The minimum atomic E-state index is 0.777. The van der Waals surface area contributed by atoms with Crippen LogP contribution in [-0.4, -0.2) is 55.6 Å². The number of aromatic nitrogens is 1. The number of hydrogen-bond donors (Lipinski definition) is 2. The molecule has 1 aromatic heterocycles. The van der Waals surface area contributed by atoms with Gasteiger partial charge in [0, 0.05) is 51.6 Å². The first-order chi connectivity index (χ1) is 14.8. The van der Waals surface area contributed by atoms with Crippen molar-refractivity contribution >= 4 is 22.4 Å². The van der Waals surface area contributed by atoms with Crippen molar-refractivity contribution in [1.82, 2.24) is 20.5 Å². The first-order valence-electron chi connectivity index (χ1n) is 11.2. The summed E-state index contributed by atoms with van der Waals surface area (Å²) in [6.45, 7) is 7.48. The molecular weight excluding hydrogens is 392 g/mol. The van der Waals surface area contributed by atoms with E-state index in [0.717, 1.165) is 45.1 Å². The molecule has 1 aromatic carbocycles. The van der Waals surface area contributed by atoms with Crippen LogP contribution in [-0.2, 0) is 19.5 Å². The van der Waals surface area contributed by atoms with Gasteiger partial charge in [0.15, 0.2) is 11.1 Å². The molecule has 0 amide bonds. The summed E-state index contributed by atoms with van der Waals surface area (Å²) in [6, 6.07) is 8.96. The summed E-state index contributed by atoms with van der Waals surface area (Å²) in [7, 11) is 1.82. The summed E-state index contributed by atoms with van der Waals surface area (Å²) in [5.41, 5.74) is 3.84. The predicted octanol–water partition coefficient (Wildman–Crippen LogP) is 3.25. The van der Waals surface area contributed by atoms with Crippen LogP contribution in [0.2, 0.25) is 0 Å². The second-order valence-corrected chi connectivity index (χ2v) is 9.05. The molecule has 2 aliphatic rings. The summed E-state index contributed by atoms with van der Waals surface area (Å²) in [4.78, 5) is 14.1. The van der Waals surface area contributed by atoms with Crippen molar-refractivity contribution in [3.63, 3.8) is 0 Å². The number of hydrogen-bond acceptors (Lipinski definition) is 5. The zero-order valence-electron chi connectivity index (χ0n) is 18.1. The van der Waals surface area contributed by atoms with Crippen LogP contribution in [0.4, 0.5) is 5.13 Å². The number of likely N-dealkylation sites (tertiary alicyclic amines) is 1. The van der Waals surface area contributed by atoms with Crippen molar-refractivity contribution in [3.8, 4) is 0 Å². The molecule has 0 aliphatic carbocycles. The molecule has 2 saturated heterocycles. The Morgan fingerprint density at radius 3 is 2.43 bits per heavy atom. The Hall–Kier alpha value is -2.12. The van der Waals surface area contributed by atoms with E-state index < -0.39 is 0 Å². The lowest BCUT2D eigenvalue weighted by Crippen LogP contribution is -2.37. The van der Waals surface area contributed by atoms with Crippen LogP contribution in [0.5, 0.6) is 0 Å². The Bertz CT molecular complexity index is 803. The van der Waals surface area contributed by atoms with Gasteiger partial charge < -0.3 is 15.5 Å². The number of aliphatic imine (C=N–C) groups is 1. The van der Waals surface area contributed by atoms with E-state index in [1.54, 1.807) is 11.3 Å². The van der Waals surface area contributed by atoms with Crippen molar-refractivity contribution in [2.75, 3.05) is 44.7 Å². The smallest absolute Gasteiger partial charge is 0.191 e. The van der Waals surface area contributed by atoms with Gasteiger partial charge in [0.2, 0.25) is 0 Å². The highest BCUT2D eigenvalue weighted by Gasteiger charge is 2.15. The maximum Gasteiger partial charge on any atom is 0.191 e. The third-order valence-corrected chi connectivity index (χ3v) is 6.85. The predicted molar refractivity (Wildman–Crippen MR) is 126 cm³/mol. The van der Waals surface area contributed by atoms with Gasteiger partial charge in [-0.15, -0.1) is 11.3 Å². The fraction of sp³-hybridized carbons (Fsp3) is 0.565. The first kappa shape index (κ1) is 21.1. The quantitative estimate of drug-likeness (QED) is 0.501. The van der Waals surface area contributed by atoms with Gasteiger partial charge in [-0.1, -0.05) is 24.3 Å². The van der Waals surface area contributed by atoms with Crippen molar-refractivity contribution in [2.45, 2.75) is 45.2 Å². The van der Waals surface area contributed by atoms with E-state index in [9.17, 15) is 0 Å². The van der Waals surface area contributed by atoms with Gasteiger partial charge in [0.05, 0.1) is 5.69 Å². The molecule has 0 radical (unpaired) electrons. The molecule has 2 aromatic rings. The Morgan fingerprint density at radius 1 is 1.00 bits per heavy atom. The Kier molecular flexibility index (Phi) is 7.59. The summed E-state index contributed by atoms with van der Waals surface area (Å²) < 4.78 is 0. The fourth-order valence-electron chi connectivity index (χ4n) is 4.14. The van der Waals surface area contributed by atoms with E-state index in [2.05, 4.69) is 55.1 Å². The SMILES string of the molecule is CN=C(NCCc1csc(N2CCCC2)n1)NCc1ccc(CN2CCCC2)cc1. The molecule has 2 aliphatic heterocycles. The number of rotatable bonds is 8. The topological polar surface area (TPSA) is 55.8 Å². The molecule has 0 bridgehead atoms. The van der Waals surface area contributed by atoms with Crippen molar-refractivity contribution in [1.29, 1.82) is 0 Å². The maximum atomic E-state index is 4.79. The molecule has 0 unspecified atom stereocenters. The van der Waals surface area contributed by atoms with Crippen molar-refractivity contribution < 1.29 is 0 Å². The number of anilines is 1. The molecule has 2 N–H and O–H groups in total. The Balaban J connectivity index is 1.17. The van der Waals surface area contributed by atoms with E-state index in [1.807, 2.05) is 7.05 Å². The lowest BCUT2D eigenvalue weighted by molar-refractivity contribution is 0.331. The average molecular weight is 427 g/mol. The maximum absolute atomic E-state index is 4.79. The van der Waals surface area contributed by atoms with Crippen LogP contribution in [0, 0.1) is 0 Å². The number of guanidine groups is 1. The molecule has 162 valence electrons. The third kappa shape index (κ3) is 5.95. The molecular formula is C23H34N6S. The minimum absolute atomic E-state index is 0.777. The molecule has 0 atom stereocenters. The zero-order chi connectivity index (χ0) is 20.6. The normalized spacial score (nSPS) is 17.6. The average Bonchev–Trinajstić information content (AvgIpc) is 3.54. The van der Waals surface area contributed by atoms with Crippen LogP contribution in [0.15, 0.2) is 34.6 Å². The number of thiazole rings is 1. The number of nitrogens with zero attached hydrogens (tertiary/aromatic N) is 4. The molecule has 7 heteroatoms. The van der Waals surface area contributed by atoms with Crippen LogP contribution >= 0.6 is 11.3 Å². The molecule has 0 saturated carbocycles. The second kappa shape index (κ2) is 10.8. The van der Waals surface area contributed by atoms with Crippen LogP contribution in [0.1, 0.15) is 42.5 Å². The second-order valence-electron chi connectivity index (χ2n) is 8.22. The highest BCUT2D eigenvalue weighted by atomic mass is 32.1. The summed E-state index contributed by atoms with van der Waals surface area (Å²) in [5.74, 6) is 0.839. The summed E-state index contributed by atoms with van der Waals surface area (Å²) in [6.07, 6.45) is 6.18. The standard InChI is InChI=1S/C23H34N6S/c1-24-22(25-11-10-21-18-30-23(27-21)29-14-4-5-15-29)26-16-19-6-8-20(9-7-19)17-28-12-2-3-13-28/h6-9,18H,2-5,10-17H2,1H3,(H2,24,25,26). The highest BCUT2D eigenvalue weighted by molar-refractivity contribution is 7.13. The minimum Gasteiger partial charge on any atom is -0.356 e. The molecule has 3 heterocycles. The van der Waals surface area contributed by atoms with Crippen LogP contribution in [0.3, 0.4) is 0 Å². The zero-order valence-corrected chi connectivity index (χ0v) is 18.9. The molecule has 6 nitrogen and oxygen atoms in total. The Labute approximate surface area is 184 Å². The molecule has 0 spiro atoms. The van der Waals surface area contributed by atoms with Crippen molar-refractivity contribution in [3.05, 3.63) is 46.5 Å². The number of nitrogens with one attached hydrogen (secondary N) is 2. The van der Waals surface area contributed by atoms with Gasteiger partial charge >= 0.3 is 0 Å². The third-order valence-electron chi connectivity index (χ3n) is 5.90. The molecule has 30 heavy (non-hydrogen) atoms. The van der Waals surface area contributed by atoms with Gasteiger partial charge in [-0.25, -0.2) is 4.98 Å². The Morgan fingerprint density at radius 2 is 1.70 bits per heavy atom. The summed E-state index contributed by atoms with van der Waals surface area (Å²) in [5, 5.41) is 10.2. The van der Waals surface area contributed by atoms with E-state index in [-0.39, 0.29) is 0 Å². The monoisotopic (exact) mass is 426 g/mol. The van der Waals surface area contributed by atoms with Gasteiger partial charge in [-0.05, 0) is 49.9 Å². The summed E-state index contributed by atoms with van der Waals surface area (Å²) >= 11 is 1.77. The first-order valence-corrected chi connectivity index (χ1v) is 12.1. The lowest BCUT2D eigenvalue weighted by atomic mass is 10.1. The van der Waals surface area contributed by atoms with E-state index in [0.29, 0.717) is 0 Å². The van der Waals surface area contributed by atoms with Gasteiger partial charge in [0.25, 0.3) is 0 Å². The van der Waals surface area contributed by atoms with Crippen molar-refractivity contribution in [2.24, 2.45) is 4.99 Å². The van der Waals surface area contributed by atoms with E-state index >= 15 is 0 Å². The van der Waals surface area contributed by atoms with Gasteiger partial charge in [-0.3, -0.25) is 9.89 Å². The van der Waals surface area contributed by atoms with Crippen LogP contribution < -0.4 is 15.5 Å². The fourth-order valence-corrected chi connectivity index (χ4v) is 5.06. The van der Waals surface area contributed by atoms with Gasteiger partial charge in [-0.2, -0.15) is 0 Å². The highest BCUT2D eigenvalue weighted by Crippen LogP contribution is 2.24. The van der Waals surface area contributed by atoms with E-state index in [4.69, 9.17) is 4.98 Å². The molecule has 4 rings (SSSR count). The van der Waals surface area contributed by atoms with Crippen LogP contribution in [0.25, 0.3) is 0 Å².